The number of piperidine rings is 1. The Bertz CT molecular complexity index is 1070. The molecule has 0 saturated carbocycles. The van der Waals surface area contributed by atoms with E-state index in [9.17, 15) is 17.6 Å². The molecule has 0 aliphatic carbocycles. The summed E-state index contributed by atoms with van der Waals surface area (Å²) < 4.78 is 54.4. The predicted molar refractivity (Wildman–Crippen MR) is 105 cm³/mol. The first-order chi connectivity index (χ1) is 14.1. The maximum absolute atomic E-state index is 15.5. The summed E-state index contributed by atoms with van der Waals surface area (Å²) in [6, 6.07) is 8.76. The van der Waals surface area contributed by atoms with Gasteiger partial charge in [-0.25, -0.2) is 27.0 Å². The summed E-state index contributed by atoms with van der Waals surface area (Å²) in [4.78, 5) is 17.3. The normalized spacial score (nSPS) is 17.1. The fraction of sp³-hybridized carbons (Fsp3) is 0.350. The summed E-state index contributed by atoms with van der Waals surface area (Å²) in [5.74, 6) is -1.60. The van der Waals surface area contributed by atoms with E-state index in [1.165, 1.54) is 29.3 Å². The number of alkyl halides is 1. The maximum atomic E-state index is 15.5. The van der Waals surface area contributed by atoms with E-state index in [1.54, 1.807) is 6.07 Å². The quantitative estimate of drug-likeness (QED) is 0.793. The van der Waals surface area contributed by atoms with Crippen LogP contribution in [-0.4, -0.2) is 42.4 Å². The van der Waals surface area contributed by atoms with Gasteiger partial charge in [0.2, 0.25) is 14.8 Å². The zero-order valence-corrected chi connectivity index (χ0v) is 17.0. The highest BCUT2D eigenvalue weighted by Gasteiger charge is 2.48. The number of urea groups is 1. The molecule has 2 amide bonds. The lowest BCUT2D eigenvalue weighted by atomic mass is 9.92. The number of likely N-dealkylation sites (tertiary alicyclic amines) is 1. The van der Waals surface area contributed by atoms with Gasteiger partial charge in [-0.3, -0.25) is 0 Å². The van der Waals surface area contributed by atoms with Crippen molar-refractivity contribution in [2.45, 2.75) is 29.7 Å². The van der Waals surface area contributed by atoms with Gasteiger partial charge < -0.3 is 10.2 Å². The number of carbonyl (C=O) groups is 1. The van der Waals surface area contributed by atoms with Gasteiger partial charge in [-0.15, -0.1) is 0 Å². The molecule has 1 N–H and O–H groups in total. The molecule has 0 radical (unpaired) electrons. The van der Waals surface area contributed by atoms with E-state index in [1.807, 2.05) is 6.07 Å². The van der Waals surface area contributed by atoms with Gasteiger partial charge >= 0.3 is 6.03 Å². The molecule has 1 aliphatic heterocycles. The van der Waals surface area contributed by atoms with Crippen LogP contribution in [0, 0.1) is 23.1 Å². The van der Waals surface area contributed by atoms with E-state index in [0.717, 1.165) is 19.1 Å². The summed E-state index contributed by atoms with van der Waals surface area (Å²) in [5.41, 5.74) is 0.626. The number of amides is 2. The molecule has 0 unspecified atom stereocenters. The van der Waals surface area contributed by atoms with Crippen LogP contribution in [0.15, 0.2) is 47.5 Å². The van der Waals surface area contributed by atoms with E-state index >= 15 is 4.39 Å². The molecule has 2 aromatic rings. The minimum Gasteiger partial charge on any atom is -0.325 e. The molecule has 30 heavy (non-hydrogen) atoms. The second-order valence-corrected chi connectivity index (χ2v) is 9.46. The van der Waals surface area contributed by atoms with Crippen molar-refractivity contribution in [3.8, 4) is 6.07 Å². The maximum Gasteiger partial charge on any atom is 0.321 e. The molecule has 7 nitrogen and oxygen atoms in total. The highest BCUT2D eigenvalue weighted by Crippen LogP contribution is 2.39. The molecule has 3 rings (SSSR count). The number of sulfone groups is 1. The number of aromatic nitrogens is 1. The third-order valence-corrected chi connectivity index (χ3v) is 7.53. The fourth-order valence-electron chi connectivity index (χ4n) is 3.42. The lowest BCUT2D eigenvalue weighted by molar-refractivity contribution is 0.117. The van der Waals surface area contributed by atoms with Crippen molar-refractivity contribution >= 4 is 21.6 Å². The van der Waals surface area contributed by atoms with Crippen LogP contribution in [-0.2, 0) is 9.84 Å². The highest BCUT2D eigenvalue weighted by molar-refractivity contribution is 7.92. The smallest absolute Gasteiger partial charge is 0.321 e. The summed E-state index contributed by atoms with van der Waals surface area (Å²) in [5, 5.41) is 8.79. The van der Waals surface area contributed by atoms with Crippen LogP contribution < -0.4 is 5.32 Å². The van der Waals surface area contributed by atoms with E-state index in [-0.39, 0.29) is 31.6 Å². The number of carbonyl (C=O) groups excluding carboxylic acids is 1. The molecule has 0 spiro atoms. The van der Waals surface area contributed by atoms with Gasteiger partial charge in [-0.05, 0) is 50.1 Å². The topological polar surface area (TPSA) is 103 Å². The lowest BCUT2D eigenvalue weighted by Crippen LogP contribution is -2.48. The van der Waals surface area contributed by atoms with E-state index < -0.39 is 37.5 Å². The Labute approximate surface area is 173 Å². The van der Waals surface area contributed by atoms with Gasteiger partial charge in [-0.2, -0.15) is 5.26 Å². The van der Waals surface area contributed by atoms with Gasteiger partial charge in [0, 0.05) is 19.0 Å². The van der Waals surface area contributed by atoms with E-state index in [4.69, 9.17) is 5.26 Å². The number of nitrogens with zero attached hydrogens (tertiary/aromatic N) is 3. The first-order valence-corrected chi connectivity index (χ1v) is 10.7. The van der Waals surface area contributed by atoms with Crippen molar-refractivity contribution in [3.63, 3.8) is 0 Å². The molecular weight excluding hydrogens is 414 g/mol. The van der Waals surface area contributed by atoms with Gasteiger partial charge in [0.05, 0.1) is 16.8 Å². The Morgan fingerprint density at radius 3 is 2.57 bits per heavy atom. The first kappa shape index (κ1) is 21.6. The zero-order valence-electron chi connectivity index (χ0n) is 16.2. The Balaban J connectivity index is 1.65. The average molecular weight is 434 g/mol. The van der Waals surface area contributed by atoms with Gasteiger partial charge in [0.1, 0.15) is 17.6 Å². The minimum atomic E-state index is -4.41. The molecule has 1 saturated heterocycles. The Morgan fingerprint density at radius 2 is 2.00 bits per heavy atom. The van der Waals surface area contributed by atoms with Crippen molar-refractivity contribution in [3.05, 3.63) is 54.1 Å². The monoisotopic (exact) mass is 434 g/mol. The summed E-state index contributed by atoms with van der Waals surface area (Å²) in [6.07, 6.45) is 1.63. The number of benzene rings is 1. The molecule has 2 heterocycles. The summed E-state index contributed by atoms with van der Waals surface area (Å²) in [6.45, 7) is 1.33. The van der Waals surface area contributed by atoms with Crippen LogP contribution in [0.4, 0.5) is 19.3 Å². The van der Waals surface area contributed by atoms with Crippen molar-refractivity contribution in [2.75, 3.05) is 18.4 Å². The highest BCUT2D eigenvalue weighted by atomic mass is 32.2. The van der Waals surface area contributed by atoms with Crippen LogP contribution in [0.1, 0.15) is 25.5 Å². The summed E-state index contributed by atoms with van der Waals surface area (Å²) >= 11 is 0. The number of halogens is 2. The minimum absolute atomic E-state index is 0.139. The average Bonchev–Trinajstić information content (AvgIpc) is 2.74. The number of nitriles is 1. The van der Waals surface area contributed by atoms with Gasteiger partial charge in [0.15, 0.2) is 0 Å². The predicted octanol–water partition coefficient (Wildman–Crippen LogP) is 3.50. The standard InChI is InChI=1S/C20H20F2N4O3S/c1-20(22,30(28,29)18-4-2-3-15(21)11-18)14-7-9-26(10-8-14)19(27)25-17-6-5-16(12-23)24-13-17/h2-6,11,13-14H,7-10H2,1H3,(H,25,27)/t20-/m0/s1. The number of anilines is 1. The van der Waals surface area contributed by atoms with Crippen molar-refractivity contribution in [2.24, 2.45) is 5.92 Å². The second kappa shape index (κ2) is 8.36. The van der Waals surface area contributed by atoms with Crippen LogP contribution >= 0.6 is 0 Å². The van der Waals surface area contributed by atoms with Crippen LogP contribution in [0.3, 0.4) is 0 Å². The second-order valence-electron chi connectivity index (χ2n) is 7.18. The van der Waals surface area contributed by atoms with Crippen molar-refractivity contribution in [1.82, 2.24) is 9.88 Å². The molecule has 0 bridgehead atoms. The fourth-order valence-corrected chi connectivity index (χ4v) is 5.08. The number of hydrogen-bond acceptors (Lipinski definition) is 5. The number of hydrogen-bond donors (Lipinski definition) is 1. The van der Waals surface area contributed by atoms with Crippen LogP contribution in [0.2, 0.25) is 0 Å². The van der Waals surface area contributed by atoms with Crippen molar-refractivity contribution < 1.29 is 22.0 Å². The molecule has 1 aromatic heterocycles. The Kier molecular flexibility index (Phi) is 6.03. The number of nitrogens with one attached hydrogen (secondary N) is 1. The van der Waals surface area contributed by atoms with Crippen LogP contribution in [0.5, 0.6) is 0 Å². The molecule has 1 fully saturated rings. The Hall–Kier alpha value is -3.06. The lowest BCUT2D eigenvalue weighted by Gasteiger charge is -2.37. The van der Waals surface area contributed by atoms with Crippen molar-refractivity contribution in [1.29, 1.82) is 5.26 Å². The third kappa shape index (κ3) is 4.26. The third-order valence-electron chi connectivity index (χ3n) is 5.27. The number of pyridine rings is 1. The molecular formula is C20H20F2N4O3S. The molecule has 158 valence electrons. The van der Waals surface area contributed by atoms with Crippen LogP contribution in [0.25, 0.3) is 0 Å². The number of rotatable bonds is 4. The van der Waals surface area contributed by atoms with Gasteiger partial charge in [-0.1, -0.05) is 6.07 Å². The Morgan fingerprint density at radius 1 is 1.30 bits per heavy atom. The molecule has 10 heteroatoms. The molecule has 1 aromatic carbocycles. The van der Waals surface area contributed by atoms with E-state index in [0.29, 0.717) is 5.69 Å². The zero-order chi connectivity index (χ0) is 21.9. The summed E-state index contributed by atoms with van der Waals surface area (Å²) in [7, 11) is -4.41. The molecule has 1 atom stereocenters. The first-order valence-electron chi connectivity index (χ1n) is 9.26. The molecule has 1 aliphatic rings. The largest absolute Gasteiger partial charge is 0.325 e. The van der Waals surface area contributed by atoms with Gasteiger partial charge in [0.25, 0.3) is 0 Å². The van der Waals surface area contributed by atoms with E-state index in [2.05, 4.69) is 10.3 Å². The SMILES string of the molecule is C[C@@](F)(C1CCN(C(=O)Nc2ccc(C#N)nc2)CC1)S(=O)(=O)c1cccc(F)c1.